The van der Waals surface area contributed by atoms with E-state index in [9.17, 15) is 4.79 Å². The van der Waals surface area contributed by atoms with E-state index in [1.54, 1.807) is 19.1 Å². The van der Waals surface area contributed by atoms with Crippen LogP contribution < -0.4 is 11.1 Å². The van der Waals surface area contributed by atoms with Gasteiger partial charge in [0.05, 0.1) is 23.5 Å². The largest absolute Gasteiger partial charge is 0.462 e. The summed E-state index contributed by atoms with van der Waals surface area (Å²) in [6.07, 6.45) is 2.59. The van der Waals surface area contributed by atoms with Crippen molar-refractivity contribution in [3.63, 3.8) is 0 Å². The quantitative estimate of drug-likeness (QED) is 0.622. The van der Waals surface area contributed by atoms with Crippen LogP contribution in [0.5, 0.6) is 0 Å². The van der Waals surface area contributed by atoms with Crippen molar-refractivity contribution in [1.29, 1.82) is 0 Å². The average Bonchev–Trinajstić information content (AvgIpc) is 2.94. The normalized spacial score (nSPS) is 16.7. The molecule has 1 fully saturated rings. The van der Waals surface area contributed by atoms with Gasteiger partial charge in [-0.25, -0.2) is 4.79 Å². The molecule has 116 valence electrons. The number of carbonyl (C=O) groups excluding carboxylic acids is 1. The lowest BCUT2D eigenvalue weighted by Gasteiger charge is -2.22. The Morgan fingerprint density at radius 3 is 2.76 bits per heavy atom. The Morgan fingerprint density at radius 2 is 2.14 bits per heavy atom. The van der Waals surface area contributed by atoms with E-state index >= 15 is 0 Å². The van der Waals surface area contributed by atoms with Crippen molar-refractivity contribution in [2.45, 2.75) is 32.7 Å². The van der Waals surface area contributed by atoms with Crippen LogP contribution in [-0.2, 0) is 4.74 Å². The van der Waals surface area contributed by atoms with Crippen LogP contribution >= 0.6 is 0 Å². The molecule has 1 saturated heterocycles. The lowest BCUT2D eigenvalue weighted by Crippen LogP contribution is -2.33. The molecule has 5 heteroatoms. The lowest BCUT2D eigenvalue weighted by atomic mass is 10.1. The van der Waals surface area contributed by atoms with Gasteiger partial charge in [-0.2, -0.15) is 0 Å². The number of anilines is 2. The summed E-state index contributed by atoms with van der Waals surface area (Å²) in [4.78, 5) is 14.1. The molecule has 21 heavy (non-hydrogen) atoms. The maximum Gasteiger partial charge on any atom is 0.338 e. The Hall–Kier alpha value is -1.75. The number of likely N-dealkylation sites (tertiary alicyclic amines) is 1. The van der Waals surface area contributed by atoms with E-state index in [0.29, 0.717) is 23.9 Å². The number of esters is 1. The van der Waals surface area contributed by atoms with Crippen LogP contribution in [-0.4, -0.2) is 43.2 Å². The highest BCUT2D eigenvalue weighted by atomic mass is 16.5. The lowest BCUT2D eigenvalue weighted by molar-refractivity contribution is 0.0526. The predicted octanol–water partition coefficient (Wildman–Crippen LogP) is 2.34. The summed E-state index contributed by atoms with van der Waals surface area (Å²) >= 11 is 0. The van der Waals surface area contributed by atoms with Crippen LogP contribution in [0.4, 0.5) is 11.4 Å². The third-order valence-electron chi connectivity index (χ3n) is 3.70. The van der Waals surface area contributed by atoms with Crippen LogP contribution in [0, 0.1) is 0 Å². The van der Waals surface area contributed by atoms with E-state index in [1.165, 1.54) is 25.9 Å². The summed E-state index contributed by atoms with van der Waals surface area (Å²) in [5.74, 6) is -0.333. The van der Waals surface area contributed by atoms with Crippen molar-refractivity contribution in [3.05, 3.63) is 23.8 Å². The topological polar surface area (TPSA) is 67.6 Å². The molecule has 1 atom stereocenters. The summed E-state index contributed by atoms with van der Waals surface area (Å²) in [6, 6.07) is 5.59. The number of hydrogen-bond acceptors (Lipinski definition) is 5. The SMILES string of the molecule is CCOC(=O)c1ccc(NC(C)CN2CCCC2)c(N)c1. The Morgan fingerprint density at radius 1 is 1.43 bits per heavy atom. The summed E-state index contributed by atoms with van der Waals surface area (Å²) in [7, 11) is 0. The summed E-state index contributed by atoms with van der Waals surface area (Å²) < 4.78 is 4.97. The maximum absolute atomic E-state index is 11.7. The Bertz CT molecular complexity index is 484. The standard InChI is InChI=1S/C16H25N3O2/c1-3-21-16(20)13-6-7-15(14(17)10-13)18-12(2)11-19-8-4-5-9-19/h6-7,10,12,18H,3-5,8-9,11,17H2,1-2H3. The van der Waals surface area contributed by atoms with E-state index in [-0.39, 0.29) is 5.97 Å². The van der Waals surface area contributed by atoms with Gasteiger partial charge in [-0.3, -0.25) is 0 Å². The number of carbonyl (C=O) groups is 1. The molecule has 1 heterocycles. The minimum absolute atomic E-state index is 0.318. The highest BCUT2D eigenvalue weighted by Gasteiger charge is 2.15. The van der Waals surface area contributed by atoms with Crippen LogP contribution in [0.3, 0.4) is 0 Å². The second kappa shape index (κ2) is 7.31. The van der Waals surface area contributed by atoms with Gasteiger partial charge in [-0.05, 0) is 58.0 Å². The summed E-state index contributed by atoms with van der Waals surface area (Å²) in [5.41, 5.74) is 7.97. The smallest absolute Gasteiger partial charge is 0.338 e. The third-order valence-corrected chi connectivity index (χ3v) is 3.70. The molecule has 0 saturated carbocycles. The molecular weight excluding hydrogens is 266 g/mol. The molecule has 1 unspecified atom stereocenters. The van der Waals surface area contributed by atoms with Gasteiger partial charge in [0.25, 0.3) is 0 Å². The molecule has 0 bridgehead atoms. The molecule has 0 aromatic heterocycles. The van der Waals surface area contributed by atoms with Crippen LogP contribution in [0.1, 0.15) is 37.0 Å². The van der Waals surface area contributed by atoms with Gasteiger partial charge >= 0.3 is 5.97 Å². The molecule has 3 N–H and O–H groups in total. The molecular formula is C16H25N3O2. The second-order valence-electron chi connectivity index (χ2n) is 5.58. The van der Waals surface area contributed by atoms with Crippen molar-refractivity contribution in [1.82, 2.24) is 4.90 Å². The Balaban J connectivity index is 1.95. The fraction of sp³-hybridized carbons (Fsp3) is 0.562. The van der Waals surface area contributed by atoms with Crippen molar-refractivity contribution < 1.29 is 9.53 Å². The second-order valence-corrected chi connectivity index (χ2v) is 5.58. The van der Waals surface area contributed by atoms with E-state index in [0.717, 1.165) is 12.2 Å². The van der Waals surface area contributed by atoms with Gasteiger partial charge in [0.1, 0.15) is 0 Å². The molecule has 5 nitrogen and oxygen atoms in total. The number of nitrogens with two attached hydrogens (primary N) is 1. The Labute approximate surface area is 126 Å². The average molecular weight is 291 g/mol. The monoisotopic (exact) mass is 291 g/mol. The fourth-order valence-corrected chi connectivity index (χ4v) is 2.70. The number of nitrogens with zero attached hydrogens (tertiary/aromatic N) is 1. The van der Waals surface area contributed by atoms with E-state index in [1.807, 2.05) is 6.07 Å². The van der Waals surface area contributed by atoms with Crippen molar-refractivity contribution in [3.8, 4) is 0 Å². The third kappa shape index (κ3) is 4.36. The first-order valence-corrected chi connectivity index (χ1v) is 7.65. The first-order valence-electron chi connectivity index (χ1n) is 7.65. The molecule has 2 rings (SSSR count). The molecule has 1 aliphatic rings. The first kappa shape index (κ1) is 15.6. The minimum Gasteiger partial charge on any atom is -0.462 e. The fourth-order valence-electron chi connectivity index (χ4n) is 2.70. The van der Waals surface area contributed by atoms with Gasteiger partial charge in [0.15, 0.2) is 0 Å². The zero-order valence-electron chi connectivity index (χ0n) is 12.9. The number of rotatable bonds is 6. The first-order chi connectivity index (χ1) is 10.1. The van der Waals surface area contributed by atoms with E-state index < -0.39 is 0 Å². The van der Waals surface area contributed by atoms with Crippen LogP contribution in [0.15, 0.2) is 18.2 Å². The van der Waals surface area contributed by atoms with Crippen molar-refractivity contribution in [2.24, 2.45) is 0 Å². The highest BCUT2D eigenvalue weighted by molar-refractivity contribution is 5.91. The van der Waals surface area contributed by atoms with Gasteiger partial charge < -0.3 is 20.7 Å². The molecule has 0 radical (unpaired) electrons. The zero-order chi connectivity index (χ0) is 15.2. The molecule has 1 aromatic rings. The summed E-state index contributed by atoms with van der Waals surface area (Å²) in [6.45, 7) is 7.69. The van der Waals surface area contributed by atoms with Gasteiger partial charge in [0, 0.05) is 12.6 Å². The zero-order valence-corrected chi connectivity index (χ0v) is 12.9. The highest BCUT2D eigenvalue weighted by Crippen LogP contribution is 2.21. The number of benzene rings is 1. The summed E-state index contributed by atoms with van der Waals surface area (Å²) in [5, 5.41) is 3.42. The molecule has 0 aliphatic carbocycles. The number of hydrogen-bond donors (Lipinski definition) is 2. The van der Waals surface area contributed by atoms with Crippen LogP contribution in [0.25, 0.3) is 0 Å². The molecule has 0 amide bonds. The van der Waals surface area contributed by atoms with Crippen molar-refractivity contribution >= 4 is 17.3 Å². The minimum atomic E-state index is -0.333. The van der Waals surface area contributed by atoms with Gasteiger partial charge in [0.2, 0.25) is 0 Å². The van der Waals surface area contributed by atoms with Crippen molar-refractivity contribution in [2.75, 3.05) is 37.3 Å². The molecule has 1 aromatic carbocycles. The predicted molar refractivity (Wildman–Crippen MR) is 85.6 cm³/mol. The molecule has 1 aliphatic heterocycles. The number of nitrogen functional groups attached to an aromatic ring is 1. The van der Waals surface area contributed by atoms with Gasteiger partial charge in [-0.1, -0.05) is 0 Å². The number of ether oxygens (including phenoxy) is 1. The van der Waals surface area contributed by atoms with Gasteiger partial charge in [-0.15, -0.1) is 0 Å². The van der Waals surface area contributed by atoms with E-state index in [2.05, 4.69) is 17.1 Å². The van der Waals surface area contributed by atoms with E-state index in [4.69, 9.17) is 10.5 Å². The molecule has 0 spiro atoms. The maximum atomic E-state index is 11.7. The van der Waals surface area contributed by atoms with Crippen LogP contribution in [0.2, 0.25) is 0 Å². The Kier molecular flexibility index (Phi) is 5.44. The number of nitrogens with one attached hydrogen (secondary N) is 1.